The standard InChI is InChI=1S/C21H18F6N4O3S/c1-3-6-31-17-8-18(34-20(23)24)15(22)7-13(17)14(9-28)19(31)16-5-4-12(10-29-16)35(32,33)30-11(2)21(25,26)27/h4-5,7-8,10-11,20,30H,3,6H2,1-2H3/t11-/m0/s1. The largest absolute Gasteiger partial charge is 0.432 e. The van der Waals surface area contributed by atoms with E-state index in [-0.39, 0.29) is 34.4 Å². The van der Waals surface area contributed by atoms with Crippen LogP contribution in [0.4, 0.5) is 26.3 Å². The Morgan fingerprint density at radius 2 is 1.94 bits per heavy atom. The van der Waals surface area contributed by atoms with Gasteiger partial charge in [-0.2, -0.15) is 31.9 Å². The maximum Gasteiger partial charge on any atom is 0.404 e. The molecule has 2 aromatic heterocycles. The van der Waals surface area contributed by atoms with Gasteiger partial charge in [0.2, 0.25) is 10.0 Å². The number of benzene rings is 1. The molecule has 0 saturated carbocycles. The van der Waals surface area contributed by atoms with E-state index in [1.165, 1.54) is 15.4 Å². The number of nitriles is 1. The summed E-state index contributed by atoms with van der Waals surface area (Å²) >= 11 is 0. The highest BCUT2D eigenvalue weighted by Crippen LogP contribution is 2.36. The molecule has 188 valence electrons. The summed E-state index contributed by atoms with van der Waals surface area (Å²) in [5.74, 6) is -1.84. The van der Waals surface area contributed by atoms with E-state index in [0.29, 0.717) is 13.3 Å². The van der Waals surface area contributed by atoms with E-state index in [2.05, 4.69) is 9.72 Å². The van der Waals surface area contributed by atoms with Crippen molar-refractivity contribution in [3.05, 3.63) is 41.8 Å². The minimum absolute atomic E-state index is 0.0529. The molecule has 0 aliphatic heterocycles. The summed E-state index contributed by atoms with van der Waals surface area (Å²) in [4.78, 5) is 3.46. The van der Waals surface area contributed by atoms with Gasteiger partial charge < -0.3 is 9.30 Å². The Morgan fingerprint density at radius 1 is 1.26 bits per heavy atom. The first-order valence-electron chi connectivity index (χ1n) is 10.1. The molecule has 35 heavy (non-hydrogen) atoms. The van der Waals surface area contributed by atoms with E-state index >= 15 is 0 Å². The molecule has 0 saturated heterocycles. The van der Waals surface area contributed by atoms with Crippen LogP contribution in [0.5, 0.6) is 5.75 Å². The van der Waals surface area contributed by atoms with Crippen LogP contribution in [0.1, 0.15) is 25.8 Å². The predicted octanol–water partition coefficient (Wildman–Crippen LogP) is 4.95. The molecule has 2 heterocycles. The molecule has 1 aromatic carbocycles. The zero-order chi connectivity index (χ0) is 26.1. The monoisotopic (exact) mass is 520 g/mol. The molecular formula is C21H18F6N4O3S. The van der Waals surface area contributed by atoms with Gasteiger partial charge >= 0.3 is 12.8 Å². The molecule has 0 fully saturated rings. The average Bonchev–Trinajstić information content (AvgIpc) is 3.05. The highest BCUT2D eigenvalue weighted by Gasteiger charge is 2.39. The highest BCUT2D eigenvalue weighted by molar-refractivity contribution is 7.89. The molecule has 0 amide bonds. The van der Waals surface area contributed by atoms with Crippen LogP contribution in [0.15, 0.2) is 35.4 Å². The number of rotatable bonds is 8. The second kappa shape index (κ2) is 9.74. The second-order valence-corrected chi connectivity index (χ2v) is 9.14. The number of pyridine rings is 1. The second-order valence-electron chi connectivity index (χ2n) is 7.43. The topological polar surface area (TPSA) is 97.0 Å². The van der Waals surface area contributed by atoms with Crippen LogP contribution in [0.2, 0.25) is 0 Å². The zero-order valence-corrected chi connectivity index (χ0v) is 19.0. The summed E-state index contributed by atoms with van der Waals surface area (Å²) < 4.78 is 110. The summed E-state index contributed by atoms with van der Waals surface area (Å²) in [6, 6.07) is 3.67. The van der Waals surface area contributed by atoms with Gasteiger partial charge in [-0.25, -0.2) is 12.8 Å². The number of nitrogens with zero attached hydrogens (tertiary/aromatic N) is 3. The Kier molecular flexibility index (Phi) is 7.32. The predicted molar refractivity (Wildman–Crippen MR) is 113 cm³/mol. The van der Waals surface area contributed by atoms with Crippen molar-refractivity contribution in [1.29, 1.82) is 5.26 Å². The summed E-state index contributed by atoms with van der Waals surface area (Å²) in [6.45, 7) is -0.596. The van der Waals surface area contributed by atoms with Crippen molar-refractivity contribution in [3.63, 3.8) is 0 Å². The molecule has 3 aromatic rings. The zero-order valence-electron chi connectivity index (χ0n) is 18.2. The van der Waals surface area contributed by atoms with E-state index in [9.17, 15) is 40.0 Å². The number of nitrogens with one attached hydrogen (secondary N) is 1. The average molecular weight is 520 g/mol. The number of fused-ring (bicyclic) bond motifs is 1. The Balaban J connectivity index is 2.14. The quantitative estimate of drug-likeness (QED) is 0.424. The van der Waals surface area contributed by atoms with Crippen molar-refractivity contribution in [3.8, 4) is 23.2 Å². The van der Waals surface area contributed by atoms with E-state index in [1.54, 1.807) is 6.92 Å². The minimum Gasteiger partial charge on any atom is -0.432 e. The highest BCUT2D eigenvalue weighted by atomic mass is 32.2. The molecule has 0 unspecified atom stereocenters. The third-order valence-corrected chi connectivity index (χ3v) is 6.53. The first-order valence-corrected chi connectivity index (χ1v) is 11.5. The smallest absolute Gasteiger partial charge is 0.404 e. The first-order chi connectivity index (χ1) is 16.3. The van der Waals surface area contributed by atoms with Gasteiger partial charge in [0.1, 0.15) is 17.0 Å². The molecule has 14 heteroatoms. The number of ether oxygens (including phenoxy) is 1. The van der Waals surface area contributed by atoms with E-state index in [4.69, 9.17) is 0 Å². The summed E-state index contributed by atoms with van der Waals surface area (Å²) in [7, 11) is -4.57. The van der Waals surface area contributed by atoms with Crippen LogP contribution in [0.3, 0.4) is 0 Å². The molecule has 1 N–H and O–H groups in total. The number of aromatic nitrogens is 2. The Labute approximate surface area is 196 Å². The fourth-order valence-corrected chi connectivity index (χ4v) is 4.59. The van der Waals surface area contributed by atoms with Gasteiger partial charge in [0.25, 0.3) is 0 Å². The molecule has 0 aliphatic carbocycles. The third-order valence-electron chi connectivity index (χ3n) is 5.00. The SMILES string of the molecule is CCCn1c(-c2ccc(S(=O)(=O)N[C@@H](C)C(F)(F)F)cn2)c(C#N)c2cc(F)c(OC(F)F)cc21. The number of alkyl halides is 5. The van der Waals surface area contributed by atoms with Crippen LogP contribution < -0.4 is 9.46 Å². The van der Waals surface area contributed by atoms with Gasteiger partial charge in [0, 0.05) is 24.2 Å². The number of halogens is 6. The Morgan fingerprint density at radius 3 is 2.46 bits per heavy atom. The van der Waals surface area contributed by atoms with E-state index < -0.39 is 45.3 Å². The number of hydrogen-bond donors (Lipinski definition) is 1. The number of hydrogen-bond acceptors (Lipinski definition) is 5. The molecule has 0 spiro atoms. The molecule has 7 nitrogen and oxygen atoms in total. The number of aryl methyl sites for hydroxylation is 1. The van der Waals surface area contributed by atoms with Gasteiger partial charge in [-0.1, -0.05) is 6.92 Å². The van der Waals surface area contributed by atoms with Crippen LogP contribution in [0, 0.1) is 17.1 Å². The third kappa shape index (κ3) is 5.35. The molecule has 0 aliphatic rings. The Hall–Kier alpha value is -3.31. The lowest BCUT2D eigenvalue weighted by Gasteiger charge is -2.17. The van der Waals surface area contributed by atoms with Crippen molar-refractivity contribution in [1.82, 2.24) is 14.3 Å². The lowest BCUT2D eigenvalue weighted by Crippen LogP contribution is -2.42. The summed E-state index contributed by atoms with van der Waals surface area (Å²) in [5.41, 5.74) is 0.363. The van der Waals surface area contributed by atoms with Crippen molar-refractivity contribution in [2.24, 2.45) is 0 Å². The van der Waals surface area contributed by atoms with E-state index in [0.717, 1.165) is 24.4 Å². The summed E-state index contributed by atoms with van der Waals surface area (Å²) in [5, 5.41) is 9.84. The van der Waals surface area contributed by atoms with Gasteiger partial charge in [0.05, 0.1) is 22.5 Å². The molecule has 0 bridgehead atoms. The lowest BCUT2D eigenvalue weighted by molar-refractivity contribution is -0.147. The van der Waals surface area contributed by atoms with Crippen LogP contribution in [-0.4, -0.2) is 36.8 Å². The normalized spacial score (nSPS) is 13.3. The van der Waals surface area contributed by atoms with Crippen molar-refractivity contribution in [2.45, 2.75) is 50.5 Å². The van der Waals surface area contributed by atoms with Gasteiger partial charge in [-0.05, 0) is 31.5 Å². The fraction of sp³-hybridized carbons (Fsp3) is 0.333. The molecule has 1 atom stereocenters. The molecule has 0 radical (unpaired) electrons. The molecule has 3 rings (SSSR count). The maximum atomic E-state index is 14.4. The fourth-order valence-electron chi connectivity index (χ4n) is 3.42. The van der Waals surface area contributed by atoms with Gasteiger partial charge in [0.15, 0.2) is 11.6 Å². The molecular weight excluding hydrogens is 502 g/mol. The van der Waals surface area contributed by atoms with Gasteiger partial charge in [-0.15, -0.1) is 0 Å². The first kappa shape index (κ1) is 26.3. The van der Waals surface area contributed by atoms with E-state index in [1.807, 2.05) is 6.07 Å². The van der Waals surface area contributed by atoms with Crippen LogP contribution >= 0.6 is 0 Å². The van der Waals surface area contributed by atoms with Crippen molar-refractivity contribution in [2.75, 3.05) is 0 Å². The summed E-state index contributed by atoms with van der Waals surface area (Å²) in [6.07, 6.45) is -3.47. The minimum atomic E-state index is -4.80. The Bertz CT molecular complexity index is 1380. The number of sulfonamides is 1. The lowest BCUT2D eigenvalue weighted by atomic mass is 10.1. The van der Waals surface area contributed by atoms with Crippen molar-refractivity contribution >= 4 is 20.9 Å². The van der Waals surface area contributed by atoms with Crippen molar-refractivity contribution < 1.29 is 39.5 Å². The van der Waals surface area contributed by atoms with Crippen LogP contribution in [0.25, 0.3) is 22.3 Å². The maximum absolute atomic E-state index is 14.4. The van der Waals surface area contributed by atoms with Crippen LogP contribution in [-0.2, 0) is 16.6 Å². The van der Waals surface area contributed by atoms with Gasteiger partial charge in [-0.3, -0.25) is 4.98 Å².